The quantitative estimate of drug-likeness (QED) is 0.166. The molecule has 2 atom stereocenters. The normalized spacial score (nSPS) is 16.5. The van der Waals surface area contributed by atoms with Gasteiger partial charge in [0, 0.05) is 44.6 Å². The summed E-state index contributed by atoms with van der Waals surface area (Å²) in [5.74, 6) is 3.53. The number of hydrogen-bond acceptors (Lipinski definition) is 8. The van der Waals surface area contributed by atoms with Crippen molar-refractivity contribution in [1.82, 2.24) is 5.32 Å². The zero-order valence-electron chi connectivity index (χ0n) is 25.8. The van der Waals surface area contributed by atoms with E-state index in [1.165, 1.54) is 5.56 Å². The summed E-state index contributed by atoms with van der Waals surface area (Å²) < 4.78 is 40.6. The molecule has 1 heterocycles. The van der Waals surface area contributed by atoms with Crippen molar-refractivity contribution < 1.29 is 33.2 Å². The van der Waals surface area contributed by atoms with E-state index in [4.69, 9.17) is 33.2 Å². The van der Waals surface area contributed by atoms with E-state index in [2.05, 4.69) is 29.6 Å². The van der Waals surface area contributed by atoms with E-state index in [-0.39, 0.29) is 6.10 Å². The van der Waals surface area contributed by atoms with Crippen molar-refractivity contribution in [2.45, 2.75) is 51.4 Å². The van der Waals surface area contributed by atoms with Gasteiger partial charge in [0.05, 0.1) is 52.9 Å². The fourth-order valence-electron chi connectivity index (χ4n) is 5.17. The van der Waals surface area contributed by atoms with Crippen LogP contribution in [0, 0.1) is 0 Å². The maximum Gasteiger partial charge on any atom is 0.161 e. The van der Waals surface area contributed by atoms with Gasteiger partial charge >= 0.3 is 0 Å². The third-order valence-corrected chi connectivity index (χ3v) is 7.41. The average molecular weight is 594 g/mol. The highest BCUT2D eigenvalue weighted by Crippen LogP contribution is 2.32. The second-order valence-corrected chi connectivity index (χ2v) is 10.5. The number of hydrogen-bond donors (Lipinski definition) is 1. The summed E-state index contributed by atoms with van der Waals surface area (Å²) in [6.45, 7) is 7.84. The van der Waals surface area contributed by atoms with Gasteiger partial charge in [-0.05, 0) is 61.3 Å². The third-order valence-electron chi connectivity index (χ3n) is 7.41. The molecule has 0 saturated carbocycles. The molecule has 1 aliphatic heterocycles. The maximum absolute atomic E-state index is 6.48. The van der Waals surface area contributed by atoms with Gasteiger partial charge < -0.3 is 38.5 Å². The van der Waals surface area contributed by atoms with Crippen LogP contribution in [-0.2, 0) is 27.4 Å². The van der Waals surface area contributed by atoms with E-state index in [1.54, 1.807) is 14.2 Å². The molecule has 4 rings (SSSR count). The van der Waals surface area contributed by atoms with Crippen molar-refractivity contribution in [2.75, 3.05) is 60.3 Å². The van der Waals surface area contributed by atoms with Crippen LogP contribution in [0.1, 0.15) is 48.8 Å². The second-order valence-electron chi connectivity index (χ2n) is 10.5. The lowest BCUT2D eigenvalue weighted by molar-refractivity contribution is 0.0105. The molecule has 0 bridgehead atoms. The van der Waals surface area contributed by atoms with Gasteiger partial charge in [-0.15, -0.1) is 0 Å². The van der Waals surface area contributed by atoms with Crippen LogP contribution in [0.3, 0.4) is 0 Å². The summed E-state index contributed by atoms with van der Waals surface area (Å²) in [5.41, 5.74) is 3.38. The molecule has 0 spiro atoms. The van der Waals surface area contributed by atoms with Crippen LogP contribution in [0.4, 0.5) is 0 Å². The van der Waals surface area contributed by atoms with Crippen LogP contribution >= 0.6 is 0 Å². The molecule has 234 valence electrons. The Morgan fingerprint density at radius 2 is 1.58 bits per heavy atom. The number of benzene rings is 3. The van der Waals surface area contributed by atoms with Gasteiger partial charge in [0.25, 0.3) is 0 Å². The molecule has 0 aliphatic carbocycles. The molecule has 0 aromatic heterocycles. The highest BCUT2D eigenvalue weighted by Gasteiger charge is 2.27. The van der Waals surface area contributed by atoms with E-state index in [1.807, 2.05) is 49.4 Å². The zero-order valence-corrected chi connectivity index (χ0v) is 25.8. The molecule has 1 fully saturated rings. The van der Waals surface area contributed by atoms with Crippen molar-refractivity contribution in [3.05, 3.63) is 83.4 Å². The zero-order chi connectivity index (χ0) is 30.1. The molecule has 3 aromatic carbocycles. The molecule has 1 N–H and O–H groups in total. The van der Waals surface area contributed by atoms with E-state index in [0.29, 0.717) is 52.2 Å². The predicted molar refractivity (Wildman–Crippen MR) is 168 cm³/mol. The Morgan fingerprint density at radius 3 is 2.40 bits per heavy atom. The Kier molecular flexibility index (Phi) is 13.9. The summed E-state index contributed by atoms with van der Waals surface area (Å²) in [6.07, 6.45) is 2.72. The first-order valence-electron chi connectivity index (χ1n) is 15.3. The first-order chi connectivity index (χ1) is 21.2. The van der Waals surface area contributed by atoms with Gasteiger partial charge in [-0.1, -0.05) is 36.4 Å². The lowest BCUT2D eigenvalue weighted by atomic mass is 9.87. The smallest absolute Gasteiger partial charge is 0.161 e. The summed E-state index contributed by atoms with van der Waals surface area (Å²) in [6, 6.07) is 22.4. The highest BCUT2D eigenvalue weighted by molar-refractivity contribution is 5.43. The number of nitrogens with one attached hydrogen (secondary N) is 1. The molecule has 0 radical (unpaired) electrons. The molecular formula is C35H47NO7. The van der Waals surface area contributed by atoms with Crippen molar-refractivity contribution in [1.29, 1.82) is 0 Å². The Labute approximate surface area is 256 Å². The van der Waals surface area contributed by atoms with Gasteiger partial charge in [0.1, 0.15) is 11.5 Å². The van der Waals surface area contributed by atoms with Crippen LogP contribution in [0.5, 0.6) is 23.0 Å². The summed E-state index contributed by atoms with van der Waals surface area (Å²) in [4.78, 5) is 0. The van der Waals surface area contributed by atoms with Gasteiger partial charge in [-0.2, -0.15) is 0 Å². The lowest BCUT2D eigenvalue weighted by Gasteiger charge is -2.32. The standard InChI is InChI=1S/C35H47NO7/c1-4-40-33-16-11-27(23-34(33)42-22-7-19-37-2)25-43-35-24-36-18-17-31(35)28-12-14-30(15-13-28)41-21-8-20-39-26-29-9-5-6-10-32(29)38-3/h5-6,9-16,23,31,35-36H,4,7-8,17-22,24-26H2,1-3H3/t31-,35+/m1/s1. The first kappa shape index (κ1) is 32.6. The number of rotatable bonds is 19. The fourth-order valence-corrected chi connectivity index (χ4v) is 5.17. The second kappa shape index (κ2) is 18.4. The van der Waals surface area contributed by atoms with Crippen LogP contribution in [0.15, 0.2) is 66.7 Å². The SMILES string of the molecule is CCOc1ccc(CO[C@H]2CNCC[C@@H]2c2ccc(OCCCOCc3ccccc3OC)cc2)cc1OCCCOC. The molecule has 43 heavy (non-hydrogen) atoms. The number of para-hydroxylation sites is 1. The van der Waals surface area contributed by atoms with Crippen LogP contribution in [0.2, 0.25) is 0 Å². The molecule has 0 amide bonds. The molecule has 1 aliphatic rings. The maximum atomic E-state index is 6.48. The topological polar surface area (TPSA) is 76.6 Å². The van der Waals surface area contributed by atoms with Crippen molar-refractivity contribution in [3.8, 4) is 23.0 Å². The first-order valence-corrected chi connectivity index (χ1v) is 15.3. The minimum Gasteiger partial charge on any atom is -0.496 e. The summed E-state index contributed by atoms with van der Waals surface area (Å²) in [5, 5.41) is 3.50. The Morgan fingerprint density at radius 1 is 0.767 bits per heavy atom. The van der Waals surface area contributed by atoms with Crippen molar-refractivity contribution in [2.24, 2.45) is 0 Å². The highest BCUT2D eigenvalue weighted by atomic mass is 16.5. The Bertz CT molecular complexity index is 1200. The number of ether oxygens (including phenoxy) is 7. The van der Waals surface area contributed by atoms with Crippen LogP contribution in [0.25, 0.3) is 0 Å². The molecule has 0 unspecified atom stereocenters. The van der Waals surface area contributed by atoms with E-state index < -0.39 is 0 Å². The lowest BCUT2D eigenvalue weighted by Crippen LogP contribution is -2.40. The summed E-state index contributed by atoms with van der Waals surface area (Å²) in [7, 11) is 3.38. The van der Waals surface area contributed by atoms with Gasteiger partial charge in [0.15, 0.2) is 11.5 Å². The molecule has 8 heteroatoms. The molecule has 3 aromatic rings. The molecular weight excluding hydrogens is 546 g/mol. The minimum atomic E-state index is 0.0681. The number of methoxy groups -OCH3 is 2. The average Bonchev–Trinajstić information content (AvgIpc) is 3.05. The summed E-state index contributed by atoms with van der Waals surface area (Å²) >= 11 is 0. The minimum absolute atomic E-state index is 0.0681. The van der Waals surface area contributed by atoms with Gasteiger partial charge in [0.2, 0.25) is 0 Å². The molecule has 8 nitrogen and oxygen atoms in total. The number of piperidine rings is 1. The predicted octanol–water partition coefficient (Wildman–Crippen LogP) is 6.16. The van der Waals surface area contributed by atoms with Crippen molar-refractivity contribution >= 4 is 0 Å². The van der Waals surface area contributed by atoms with Crippen LogP contribution < -0.4 is 24.3 Å². The molecule has 1 saturated heterocycles. The van der Waals surface area contributed by atoms with Crippen LogP contribution in [-0.4, -0.2) is 66.4 Å². The monoisotopic (exact) mass is 593 g/mol. The van der Waals surface area contributed by atoms with E-state index in [0.717, 1.165) is 66.5 Å². The van der Waals surface area contributed by atoms with E-state index in [9.17, 15) is 0 Å². The Hall–Kier alpha value is -3.30. The third kappa shape index (κ3) is 10.4. The van der Waals surface area contributed by atoms with E-state index >= 15 is 0 Å². The Balaban J connectivity index is 1.24. The van der Waals surface area contributed by atoms with Gasteiger partial charge in [-0.3, -0.25) is 0 Å². The fraction of sp³-hybridized carbons (Fsp3) is 0.486. The van der Waals surface area contributed by atoms with Gasteiger partial charge in [-0.25, -0.2) is 0 Å². The largest absolute Gasteiger partial charge is 0.496 e. The van der Waals surface area contributed by atoms with Crippen molar-refractivity contribution in [3.63, 3.8) is 0 Å².